The Hall–Kier alpha value is -1.33. The summed E-state index contributed by atoms with van der Waals surface area (Å²) >= 11 is 19.1. The lowest BCUT2D eigenvalue weighted by Gasteiger charge is -2.15. The van der Waals surface area contributed by atoms with Gasteiger partial charge >= 0.3 is 0 Å². The molecule has 1 fully saturated rings. The molecule has 0 aliphatic carbocycles. The minimum Gasteiger partial charge on any atom is -0.268 e. The van der Waals surface area contributed by atoms with Crippen molar-refractivity contribution < 1.29 is 4.79 Å². The summed E-state index contributed by atoms with van der Waals surface area (Å²) in [6.45, 7) is 2.17. The average molecular weight is 422 g/mol. The van der Waals surface area contributed by atoms with E-state index in [9.17, 15) is 4.79 Å². The third-order valence-corrected chi connectivity index (χ3v) is 6.04. The molecule has 2 aromatic rings. The molecule has 134 valence electrons. The van der Waals surface area contributed by atoms with Crippen molar-refractivity contribution in [3.63, 3.8) is 0 Å². The number of rotatable bonds is 5. The molecule has 3 rings (SSSR count). The van der Waals surface area contributed by atoms with Crippen LogP contribution in [0, 0.1) is 0 Å². The molecule has 0 unspecified atom stereocenters. The molecule has 26 heavy (non-hydrogen) atoms. The number of hydrogen-bond acceptors (Lipinski definition) is 3. The molecule has 2 aromatic carbocycles. The number of amides is 1. The second kappa shape index (κ2) is 8.57. The number of halogens is 2. The van der Waals surface area contributed by atoms with E-state index in [1.165, 1.54) is 17.3 Å². The molecule has 2 nitrogen and oxygen atoms in total. The molecule has 1 heterocycles. The van der Waals surface area contributed by atoms with Gasteiger partial charge in [-0.1, -0.05) is 78.7 Å². The van der Waals surface area contributed by atoms with Crippen molar-refractivity contribution >= 4 is 69.2 Å². The van der Waals surface area contributed by atoms with Gasteiger partial charge < -0.3 is 0 Å². The monoisotopic (exact) mass is 421 g/mol. The van der Waals surface area contributed by atoms with Gasteiger partial charge in [-0.2, -0.15) is 0 Å². The van der Waals surface area contributed by atoms with Crippen LogP contribution in [0.15, 0.2) is 47.4 Å². The summed E-state index contributed by atoms with van der Waals surface area (Å²) < 4.78 is 0.505. The first-order valence-corrected chi connectivity index (χ1v) is 10.3. The highest BCUT2D eigenvalue weighted by Crippen LogP contribution is 2.38. The van der Waals surface area contributed by atoms with Gasteiger partial charge in [0.1, 0.15) is 0 Å². The van der Waals surface area contributed by atoms with Gasteiger partial charge in [0.15, 0.2) is 4.32 Å². The van der Waals surface area contributed by atoms with Gasteiger partial charge in [0.05, 0.1) is 10.6 Å². The molecule has 0 saturated carbocycles. The van der Waals surface area contributed by atoms with Crippen LogP contribution in [0.2, 0.25) is 10.0 Å². The zero-order valence-corrected chi connectivity index (χ0v) is 17.3. The molecule has 0 bridgehead atoms. The summed E-state index contributed by atoms with van der Waals surface area (Å²) in [5.41, 5.74) is 2.67. The molecular formula is C20H17Cl2NOS2. The molecule has 1 saturated heterocycles. The second-order valence-corrected chi connectivity index (χ2v) is 8.41. The Bertz CT molecular complexity index is 858. The number of thioether (sulfide) groups is 1. The fourth-order valence-electron chi connectivity index (χ4n) is 2.66. The predicted octanol–water partition coefficient (Wildman–Crippen LogP) is 6.74. The van der Waals surface area contributed by atoms with Crippen LogP contribution in [0.4, 0.5) is 5.69 Å². The van der Waals surface area contributed by atoms with Gasteiger partial charge in [-0.05, 0) is 48.7 Å². The van der Waals surface area contributed by atoms with Crippen molar-refractivity contribution in [1.29, 1.82) is 0 Å². The topological polar surface area (TPSA) is 20.3 Å². The molecule has 0 aromatic heterocycles. The van der Waals surface area contributed by atoms with E-state index >= 15 is 0 Å². The summed E-state index contributed by atoms with van der Waals surface area (Å²) in [4.78, 5) is 14.9. The van der Waals surface area contributed by atoms with E-state index in [4.69, 9.17) is 35.4 Å². The molecule has 0 radical (unpaired) electrons. The third kappa shape index (κ3) is 4.15. The lowest BCUT2D eigenvalue weighted by molar-refractivity contribution is -0.113. The number of hydrogen-bond donors (Lipinski definition) is 0. The maximum absolute atomic E-state index is 12.9. The maximum Gasteiger partial charge on any atom is 0.270 e. The van der Waals surface area contributed by atoms with Crippen LogP contribution in [0.1, 0.15) is 30.9 Å². The molecule has 1 aliphatic heterocycles. The Morgan fingerprint density at radius 3 is 2.38 bits per heavy atom. The number of anilines is 1. The predicted molar refractivity (Wildman–Crippen MR) is 117 cm³/mol. The van der Waals surface area contributed by atoms with Crippen molar-refractivity contribution in [2.45, 2.75) is 26.2 Å². The number of unbranched alkanes of at least 4 members (excludes halogenated alkanes) is 1. The maximum atomic E-state index is 12.9. The van der Waals surface area contributed by atoms with Crippen LogP contribution in [0.3, 0.4) is 0 Å². The highest BCUT2D eigenvalue weighted by molar-refractivity contribution is 8.27. The van der Waals surface area contributed by atoms with E-state index in [1.54, 1.807) is 29.2 Å². The summed E-state index contributed by atoms with van der Waals surface area (Å²) in [7, 11) is 0. The number of carbonyl (C=O) groups is 1. The van der Waals surface area contributed by atoms with Gasteiger partial charge in [0, 0.05) is 15.6 Å². The second-order valence-electron chi connectivity index (χ2n) is 5.92. The van der Waals surface area contributed by atoms with Crippen LogP contribution < -0.4 is 4.90 Å². The minimum absolute atomic E-state index is 0.155. The Kier molecular flexibility index (Phi) is 6.41. The molecule has 0 N–H and O–H groups in total. The molecule has 0 spiro atoms. The molecule has 0 atom stereocenters. The largest absolute Gasteiger partial charge is 0.270 e. The van der Waals surface area contributed by atoms with Crippen LogP contribution in [0.5, 0.6) is 0 Å². The fraction of sp³-hybridized carbons (Fsp3) is 0.200. The van der Waals surface area contributed by atoms with Gasteiger partial charge in [0.2, 0.25) is 0 Å². The van der Waals surface area contributed by atoms with Gasteiger partial charge in [-0.15, -0.1) is 0 Å². The molecule has 1 aliphatic rings. The highest BCUT2D eigenvalue weighted by Gasteiger charge is 2.33. The van der Waals surface area contributed by atoms with E-state index in [2.05, 4.69) is 19.1 Å². The zero-order chi connectivity index (χ0) is 18.7. The van der Waals surface area contributed by atoms with Crippen LogP contribution in [-0.2, 0) is 11.2 Å². The number of benzene rings is 2. The van der Waals surface area contributed by atoms with Crippen LogP contribution in [-0.4, -0.2) is 10.2 Å². The van der Waals surface area contributed by atoms with Crippen molar-refractivity contribution in [2.75, 3.05) is 4.90 Å². The zero-order valence-electron chi connectivity index (χ0n) is 14.2. The van der Waals surface area contributed by atoms with E-state index in [1.807, 2.05) is 12.1 Å². The fourth-order valence-corrected chi connectivity index (χ4v) is 4.45. The Balaban J connectivity index is 1.86. The lowest BCUT2D eigenvalue weighted by Crippen LogP contribution is -2.27. The van der Waals surface area contributed by atoms with Crippen molar-refractivity contribution in [3.05, 3.63) is 68.5 Å². The van der Waals surface area contributed by atoms with E-state index in [-0.39, 0.29) is 5.91 Å². The summed E-state index contributed by atoms with van der Waals surface area (Å²) in [5, 5.41) is 1.01. The first kappa shape index (κ1) is 19.4. The first-order valence-electron chi connectivity index (χ1n) is 8.32. The van der Waals surface area contributed by atoms with E-state index < -0.39 is 0 Å². The third-order valence-electron chi connectivity index (χ3n) is 4.08. The highest BCUT2D eigenvalue weighted by atomic mass is 35.5. The molecule has 6 heteroatoms. The molecule has 1 amide bonds. The number of carbonyl (C=O) groups excluding carboxylic acids is 1. The first-order chi connectivity index (χ1) is 12.5. The average Bonchev–Trinajstić information content (AvgIpc) is 2.90. The summed E-state index contributed by atoms with van der Waals surface area (Å²) in [6, 6.07) is 13.3. The van der Waals surface area contributed by atoms with E-state index in [0.29, 0.717) is 24.8 Å². The van der Waals surface area contributed by atoms with Crippen molar-refractivity contribution in [1.82, 2.24) is 0 Å². The minimum atomic E-state index is -0.155. The van der Waals surface area contributed by atoms with Gasteiger partial charge in [0.25, 0.3) is 5.91 Å². The molecular weight excluding hydrogens is 405 g/mol. The smallest absolute Gasteiger partial charge is 0.268 e. The number of aryl methyl sites for hydroxylation is 1. The van der Waals surface area contributed by atoms with Gasteiger partial charge in [-0.3, -0.25) is 9.69 Å². The number of nitrogens with zero attached hydrogens (tertiary/aromatic N) is 1. The summed E-state index contributed by atoms with van der Waals surface area (Å²) in [5.74, 6) is -0.155. The number of thiocarbonyl (C=S) groups is 1. The Morgan fingerprint density at radius 2 is 1.77 bits per heavy atom. The SMILES string of the molecule is CCCCc1ccc(N2C(=O)/C(=C/c3c(Cl)cccc3Cl)SC2=S)cc1. The van der Waals surface area contributed by atoms with E-state index in [0.717, 1.165) is 24.9 Å². The van der Waals surface area contributed by atoms with Crippen molar-refractivity contribution in [2.24, 2.45) is 0 Å². The summed E-state index contributed by atoms with van der Waals surface area (Å²) in [6.07, 6.45) is 5.06. The van der Waals surface area contributed by atoms with Gasteiger partial charge in [-0.25, -0.2) is 0 Å². The Labute approximate surface area is 173 Å². The quantitative estimate of drug-likeness (QED) is 0.393. The standard InChI is InChI=1S/C20H17Cl2NOS2/c1-2-3-5-13-8-10-14(11-9-13)23-19(24)18(26-20(23)25)12-15-16(21)6-4-7-17(15)22/h4,6-12H,2-3,5H2,1H3/b18-12-. The Morgan fingerprint density at radius 1 is 1.12 bits per heavy atom. The van der Waals surface area contributed by atoms with Crippen LogP contribution >= 0.6 is 47.2 Å². The van der Waals surface area contributed by atoms with Crippen molar-refractivity contribution in [3.8, 4) is 0 Å². The van der Waals surface area contributed by atoms with Crippen LogP contribution in [0.25, 0.3) is 6.08 Å². The normalized spacial score (nSPS) is 16.0. The lowest BCUT2D eigenvalue weighted by atomic mass is 10.1.